The monoisotopic (exact) mass is 439 g/mol. The molecule has 1 N–H and O–H groups in total. The molecule has 1 saturated heterocycles. The Morgan fingerprint density at radius 3 is 2.50 bits per heavy atom. The third kappa shape index (κ3) is 6.06. The zero-order chi connectivity index (χ0) is 22.9. The largest absolute Gasteiger partial charge is 0.452 e. The molecule has 0 aliphatic carbocycles. The summed E-state index contributed by atoms with van der Waals surface area (Å²) in [5.41, 5.74) is 1.42. The number of amides is 1. The first-order valence-electron chi connectivity index (χ1n) is 11.0. The SMILES string of the molecule is CCCC(NC(=O)COC(=O)c1ccc(N2CCCCC2)c([N+](=O)[O-])c1)c1ccccc1. The Balaban J connectivity index is 1.63. The summed E-state index contributed by atoms with van der Waals surface area (Å²) in [6.45, 7) is 3.09. The Morgan fingerprint density at radius 1 is 1.12 bits per heavy atom. The van der Waals surface area contributed by atoms with Gasteiger partial charge in [-0.3, -0.25) is 14.9 Å². The number of nitro benzene ring substituents is 1. The van der Waals surface area contributed by atoms with E-state index in [4.69, 9.17) is 4.74 Å². The lowest BCUT2D eigenvalue weighted by Gasteiger charge is -2.28. The maximum atomic E-state index is 12.5. The first-order chi connectivity index (χ1) is 15.5. The first-order valence-corrected chi connectivity index (χ1v) is 11.0. The van der Waals surface area contributed by atoms with Crippen molar-refractivity contribution in [2.75, 3.05) is 24.6 Å². The van der Waals surface area contributed by atoms with Gasteiger partial charge in [0, 0.05) is 19.2 Å². The summed E-state index contributed by atoms with van der Waals surface area (Å²) in [4.78, 5) is 37.9. The van der Waals surface area contributed by atoms with Gasteiger partial charge in [0.05, 0.1) is 16.5 Å². The number of carbonyl (C=O) groups is 2. The number of carbonyl (C=O) groups excluding carboxylic acids is 2. The zero-order valence-electron chi connectivity index (χ0n) is 18.3. The van der Waals surface area contributed by atoms with Crippen LogP contribution in [0.3, 0.4) is 0 Å². The van der Waals surface area contributed by atoms with Crippen LogP contribution in [0.4, 0.5) is 11.4 Å². The van der Waals surface area contributed by atoms with E-state index in [9.17, 15) is 19.7 Å². The fourth-order valence-corrected chi connectivity index (χ4v) is 3.95. The molecule has 8 heteroatoms. The molecule has 0 aromatic heterocycles. The Kier molecular flexibility index (Phi) is 8.19. The molecule has 0 bridgehead atoms. The summed E-state index contributed by atoms with van der Waals surface area (Å²) in [6.07, 6.45) is 4.72. The predicted octanol–water partition coefficient (Wildman–Crippen LogP) is 4.40. The van der Waals surface area contributed by atoms with Crippen LogP contribution in [0.15, 0.2) is 48.5 Å². The molecule has 2 aromatic rings. The maximum absolute atomic E-state index is 12.5. The van der Waals surface area contributed by atoms with Crippen LogP contribution in [0.1, 0.15) is 61.0 Å². The number of benzene rings is 2. The van der Waals surface area contributed by atoms with Crippen molar-refractivity contribution in [3.8, 4) is 0 Å². The standard InChI is InChI=1S/C24H29N3O5/c1-2-9-20(18-10-5-3-6-11-18)25-23(28)17-32-24(29)19-12-13-21(22(16-19)27(30)31)26-14-7-4-8-15-26/h3,5-6,10-13,16,20H,2,4,7-9,14-15,17H2,1H3,(H,25,28). The first kappa shape index (κ1) is 23.2. The molecule has 0 saturated carbocycles. The maximum Gasteiger partial charge on any atom is 0.338 e. The number of ether oxygens (including phenoxy) is 1. The van der Waals surface area contributed by atoms with E-state index in [0.717, 1.165) is 50.8 Å². The average molecular weight is 440 g/mol. The molecular formula is C24H29N3O5. The van der Waals surface area contributed by atoms with E-state index in [-0.39, 0.29) is 17.3 Å². The van der Waals surface area contributed by atoms with E-state index in [1.807, 2.05) is 42.2 Å². The molecule has 8 nitrogen and oxygen atoms in total. The van der Waals surface area contributed by atoms with E-state index in [1.165, 1.54) is 12.1 Å². The second-order valence-corrected chi connectivity index (χ2v) is 7.90. The number of hydrogen-bond acceptors (Lipinski definition) is 6. The van der Waals surface area contributed by atoms with Crippen LogP contribution < -0.4 is 10.2 Å². The van der Waals surface area contributed by atoms with Gasteiger partial charge in [-0.15, -0.1) is 0 Å². The van der Waals surface area contributed by atoms with Crippen molar-refractivity contribution in [3.05, 3.63) is 69.8 Å². The normalized spacial score (nSPS) is 14.5. The number of nitrogens with zero attached hydrogens (tertiary/aromatic N) is 2. The van der Waals surface area contributed by atoms with Gasteiger partial charge >= 0.3 is 5.97 Å². The van der Waals surface area contributed by atoms with Gasteiger partial charge in [-0.2, -0.15) is 0 Å². The van der Waals surface area contributed by atoms with Gasteiger partial charge in [0.25, 0.3) is 11.6 Å². The number of nitrogens with one attached hydrogen (secondary N) is 1. The van der Waals surface area contributed by atoms with Crippen LogP contribution >= 0.6 is 0 Å². The minimum Gasteiger partial charge on any atom is -0.452 e. The number of hydrogen-bond donors (Lipinski definition) is 1. The van der Waals surface area contributed by atoms with Crippen LogP contribution in [-0.4, -0.2) is 36.5 Å². The van der Waals surface area contributed by atoms with Gasteiger partial charge < -0.3 is 15.0 Å². The van der Waals surface area contributed by atoms with E-state index in [0.29, 0.717) is 5.69 Å². The highest BCUT2D eigenvalue weighted by Gasteiger charge is 2.24. The highest BCUT2D eigenvalue weighted by molar-refractivity contribution is 5.93. The topological polar surface area (TPSA) is 102 Å². The molecule has 170 valence electrons. The van der Waals surface area contributed by atoms with Crippen molar-refractivity contribution in [2.24, 2.45) is 0 Å². The average Bonchev–Trinajstić information content (AvgIpc) is 2.83. The van der Waals surface area contributed by atoms with Crippen LogP contribution in [0.25, 0.3) is 0 Å². The molecule has 1 aliphatic rings. The summed E-state index contributed by atoms with van der Waals surface area (Å²) in [7, 11) is 0. The Hall–Kier alpha value is -3.42. The van der Waals surface area contributed by atoms with Gasteiger partial charge in [-0.05, 0) is 43.4 Å². The van der Waals surface area contributed by atoms with Gasteiger partial charge in [-0.25, -0.2) is 4.79 Å². The molecule has 2 aromatic carbocycles. The van der Waals surface area contributed by atoms with Crippen LogP contribution in [0.2, 0.25) is 0 Å². The molecule has 1 aliphatic heterocycles. The second-order valence-electron chi connectivity index (χ2n) is 7.90. The lowest BCUT2D eigenvalue weighted by molar-refractivity contribution is -0.384. The van der Waals surface area contributed by atoms with Gasteiger partial charge in [-0.1, -0.05) is 43.7 Å². The molecule has 32 heavy (non-hydrogen) atoms. The number of rotatable bonds is 9. The molecular weight excluding hydrogens is 410 g/mol. The minimum absolute atomic E-state index is 0.0541. The van der Waals surface area contributed by atoms with Gasteiger partial charge in [0.2, 0.25) is 0 Å². The van der Waals surface area contributed by atoms with Crippen molar-refractivity contribution in [1.29, 1.82) is 0 Å². The minimum atomic E-state index is -0.764. The summed E-state index contributed by atoms with van der Waals surface area (Å²) in [5, 5.41) is 14.5. The van der Waals surface area contributed by atoms with Crippen molar-refractivity contribution in [3.63, 3.8) is 0 Å². The second kappa shape index (κ2) is 11.3. The summed E-state index contributed by atoms with van der Waals surface area (Å²) < 4.78 is 5.14. The van der Waals surface area contributed by atoms with Crippen molar-refractivity contribution in [1.82, 2.24) is 5.32 Å². The smallest absolute Gasteiger partial charge is 0.338 e. The fraction of sp³-hybridized carbons (Fsp3) is 0.417. The Morgan fingerprint density at radius 2 is 1.84 bits per heavy atom. The third-order valence-electron chi connectivity index (χ3n) is 5.55. The number of nitro groups is 1. The molecule has 0 spiro atoms. The molecule has 3 rings (SSSR count). The third-order valence-corrected chi connectivity index (χ3v) is 5.55. The van der Waals surface area contributed by atoms with Gasteiger partial charge in [0.15, 0.2) is 6.61 Å². The molecule has 1 heterocycles. The lowest BCUT2D eigenvalue weighted by atomic mass is 10.0. The number of anilines is 1. The summed E-state index contributed by atoms with van der Waals surface area (Å²) in [5.74, 6) is -1.18. The molecule has 0 radical (unpaired) electrons. The lowest BCUT2D eigenvalue weighted by Crippen LogP contribution is -2.32. The predicted molar refractivity (Wildman–Crippen MR) is 122 cm³/mol. The van der Waals surface area contributed by atoms with Crippen LogP contribution in [-0.2, 0) is 9.53 Å². The fourth-order valence-electron chi connectivity index (χ4n) is 3.95. The van der Waals surface area contributed by atoms with Crippen molar-refractivity contribution >= 4 is 23.3 Å². The zero-order valence-corrected chi connectivity index (χ0v) is 18.3. The number of esters is 1. The van der Waals surface area contributed by atoms with Gasteiger partial charge in [0.1, 0.15) is 5.69 Å². The van der Waals surface area contributed by atoms with Crippen LogP contribution in [0, 0.1) is 10.1 Å². The number of piperidine rings is 1. The molecule has 1 amide bonds. The highest BCUT2D eigenvalue weighted by Crippen LogP contribution is 2.31. The van der Waals surface area contributed by atoms with Crippen molar-refractivity contribution < 1.29 is 19.2 Å². The Labute approximate surface area is 187 Å². The highest BCUT2D eigenvalue weighted by atomic mass is 16.6. The Bertz CT molecular complexity index is 942. The quantitative estimate of drug-likeness (QED) is 0.353. The van der Waals surface area contributed by atoms with Crippen LogP contribution in [0.5, 0.6) is 0 Å². The van der Waals surface area contributed by atoms with E-state index >= 15 is 0 Å². The van der Waals surface area contributed by atoms with Crippen molar-refractivity contribution in [2.45, 2.75) is 45.1 Å². The summed E-state index contributed by atoms with van der Waals surface area (Å²) >= 11 is 0. The van der Waals surface area contributed by atoms with E-state index in [2.05, 4.69) is 5.32 Å². The molecule has 1 fully saturated rings. The molecule has 1 unspecified atom stereocenters. The van der Waals surface area contributed by atoms with E-state index < -0.39 is 23.4 Å². The van der Waals surface area contributed by atoms with E-state index in [1.54, 1.807) is 6.07 Å². The summed E-state index contributed by atoms with van der Waals surface area (Å²) in [6, 6.07) is 13.8. The molecule has 1 atom stereocenters.